The smallest absolute Gasteiger partial charge is 0.245 e. The van der Waals surface area contributed by atoms with Crippen LogP contribution in [0.4, 0.5) is 5.82 Å². The molecule has 1 aromatic carbocycles. The summed E-state index contributed by atoms with van der Waals surface area (Å²) in [6.45, 7) is 10.8. The zero-order valence-corrected chi connectivity index (χ0v) is 24.3. The Balaban J connectivity index is 1.69. The van der Waals surface area contributed by atoms with Crippen molar-refractivity contribution in [2.45, 2.75) is 46.1 Å². The number of aromatic nitrogens is 2. The number of amides is 1. The van der Waals surface area contributed by atoms with E-state index in [1.54, 1.807) is 25.4 Å². The van der Waals surface area contributed by atoms with Gasteiger partial charge in [-0.25, -0.2) is 15.0 Å². The molecular formula is C31H37N5O5. The summed E-state index contributed by atoms with van der Waals surface area (Å²) in [5, 5.41) is 4.07. The lowest BCUT2D eigenvalue weighted by Crippen LogP contribution is -2.41. The highest BCUT2D eigenvalue weighted by Gasteiger charge is 2.24. The molecule has 41 heavy (non-hydrogen) atoms. The normalized spacial score (nSPS) is 15.4. The molecule has 3 heterocycles. The van der Waals surface area contributed by atoms with Crippen LogP contribution in [0.2, 0.25) is 0 Å². The third-order valence-corrected chi connectivity index (χ3v) is 6.97. The first-order valence-electron chi connectivity index (χ1n) is 13.6. The summed E-state index contributed by atoms with van der Waals surface area (Å²) < 4.78 is 23.3. The Morgan fingerprint density at radius 3 is 2.63 bits per heavy atom. The standard InChI is InChI=1S/C31H37N5O5/c1-7-20(3)16-25(26-10-9-15-40-26)34-30(21(4)38-5)35-31-23-17-28(27(39-6)18-24(23)32-19-33-31)41-22-11-13-36(14-12-22)29(37)8-2/h8-10,15-19,22H,2,7,11-14H2,1,3-6H3,(H,32,33,35)/b20-16+,30-21-,34-25-. The third-order valence-electron chi connectivity index (χ3n) is 6.97. The van der Waals surface area contributed by atoms with Gasteiger partial charge in [-0.1, -0.05) is 19.1 Å². The van der Waals surface area contributed by atoms with Crippen molar-refractivity contribution < 1.29 is 23.4 Å². The molecule has 1 fully saturated rings. The van der Waals surface area contributed by atoms with E-state index < -0.39 is 0 Å². The second-order valence-electron chi connectivity index (χ2n) is 9.64. The first kappa shape index (κ1) is 29.4. The van der Waals surface area contributed by atoms with Crippen LogP contribution in [-0.4, -0.2) is 59.9 Å². The van der Waals surface area contributed by atoms with E-state index in [0.717, 1.165) is 17.4 Å². The number of rotatable bonds is 11. The lowest BCUT2D eigenvalue weighted by atomic mass is 10.1. The maximum absolute atomic E-state index is 12.0. The summed E-state index contributed by atoms with van der Waals surface area (Å²) in [6, 6.07) is 7.39. The lowest BCUT2D eigenvalue weighted by molar-refractivity contribution is -0.127. The van der Waals surface area contributed by atoms with Crippen LogP contribution >= 0.6 is 0 Å². The van der Waals surface area contributed by atoms with Gasteiger partial charge in [-0.05, 0) is 50.6 Å². The molecule has 0 atom stereocenters. The average Bonchev–Trinajstić information content (AvgIpc) is 3.55. The number of anilines is 1. The van der Waals surface area contributed by atoms with Crippen LogP contribution in [0.25, 0.3) is 10.9 Å². The van der Waals surface area contributed by atoms with E-state index in [4.69, 9.17) is 23.6 Å². The number of fused-ring (bicyclic) bond motifs is 1. The SMILES string of the molecule is C=CC(=O)N1CCC(Oc2cc3c(NC(/N=C(/C=C(\C)CC)c4ccco4)=C(/C)OC)ncnc3cc2OC)CC1. The van der Waals surface area contributed by atoms with E-state index >= 15 is 0 Å². The van der Waals surface area contributed by atoms with Crippen molar-refractivity contribution in [2.75, 3.05) is 32.6 Å². The van der Waals surface area contributed by atoms with Crippen molar-refractivity contribution in [3.8, 4) is 11.5 Å². The molecule has 0 bridgehead atoms. The number of methoxy groups -OCH3 is 2. The predicted octanol–water partition coefficient (Wildman–Crippen LogP) is 5.88. The molecule has 4 rings (SSSR count). The number of furan rings is 1. The van der Waals surface area contributed by atoms with Crippen molar-refractivity contribution >= 4 is 28.3 Å². The van der Waals surface area contributed by atoms with E-state index in [1.807, 2.05) is 44.2 Å². The Bertz CT molecular complexity index is 1470. The van der Waals surface area contributed by atoms with Crippen molar-refractivity contribution in [3.63, 3.8) is 0 Å². The van der Waals surface area contributed by atoms with Crippen LogP contribution in [0.15, 0.2) is 82.1 Å². The largest absolute Gasteiger partial charge is 0.498 e. The van der Waals surface area contributed by atoms with Crippen LogP contribution in [-0.2, 0) is 9.53 Å². The fraction of sp³-hybridized carbons (Fsp3) is 0.355. The Morgan fingerprint density at radius 1 is 1.22 bits per heavy atom. The summed E-state index contributed by atoms with van der Waals surface area (Å²) in [6.07, 6.45) is 8.64. The van der Waals surface area contributed by atoms with Gasteiger partial charge < -0.3 is 28.8 Å². The molecule has 10 heteroatoms. The number of likely N-dealkylation sites (tertiary alicyclic amines) is 1. The molecule has 0 saturated carbocycles. The van der Waals surface area contributed by atoms with E-state index in [2.05, 4.69) is 28.8 Å². The second kappa shape index (κ2) is 13.6. The predicted molar refractivity (Wildman–Crippen MR) is 159 cm³/mol. The van der Waals surface area contributed by atoms with Crippen LogP contribution in [0, 0.1) is 0 Å². The number of aliphatic imine (C=N–C) groups is 1. The van der Waals surface area contributed by atoms with Crippen molar-refractivity contribution in [1.82, 2.24) is 14.9 Å². The van der Waals surface area contributed by atoms with Crippen LogP contribution < -0.4 is 14.8 Å². The van der Waals surface area contributed by atoms with Gasteiger partial charge in [0.1, 0.15) is 29.7 Å². The van der Waals surface area contributed by atoms with E-state index in [-0.39, 0.29) is 12.0 Å². The number of hydrogen-bond acceptors (Lipinski definition) is 9. The highest BCUT2D eigenvalue weighted by molar-refractivity contribution is 6.07. The molecule has 1 N–H and O–H groups in total. The van der Waals surface area contributed by atoms with E-state index in [0.29, 0.717) is 71.8 Å². The van der Waals surface area contributed by atoms with Gasteiger partial charge in [-0.15, -0.1) is 0 Å². The van der Waals surface area contributed by atoms with Crippen molar-refractivity contribution in [1.29, 1.82) is 0 Å². The number of ether oxygens (including phenoxy) is 3. The molecule has 1 amide bonds. The minimum atomic E-state index is -0.0727. The van der Waals surface area contributed by atoms with Crippen molar-refractivity contribution in [2.24, 2.45) is 4.99 Å². The zero-order chi connectivity index (χ0) is 29.4. The van der Waals surface area contributed by atoms with Gasteiger partial charge in [0, 0.05) is 37.4 Å². The first-order chi connectivity index (χ1) is 19.9. The second-order valence-corrected chi connectivity index (χ2v) is 9.64. The number of carbonyl (C=O) groups excluding carboxylic acids is 1. The van der Waals surface area contributed by atoms with Crippen LogP contribution in [0.5, 0.6) is 11.5 Å². The minimum Gasteiger partial charge on any atom is -0.498 e. The van der Waals surface area contributed by atoms with E-state index in [1.165, 1.54) is 12.4 Å². The molecule has 0 unspecified atom stereocenters. The molecule has 216 valence electrons. The minimum absolute atomic E-state index is 0.0620. The highest BCUT2D eigenvalue weighted by atomic mass is 16.5. The maximum atomic E-state index is 12.0. The first-order valence-corrected chi connectivity index (χ1v) is 13.6. The fourth-order valence-corrected chi connectivity index (χ4v) is 4.36. The van der Waals surface area contributed by atoms with Gasteiger partial charge in [0.15, 0.2) is 23.1 Å². The van der Waals surface area contributed by atoms with Gasteiger partial charge in [0.25, 0.3) is 0 Å². The Hall–Kier alpha value is -4.60. The highest BCUT2D eigenvalue weighted by Crippen LogP contribution is 2.36. The fourth-order valence-electron chi connectivity index (χ4n) is 4.36. The summed E-state index contributed by atoms with van der Waals surface area (Å²) in [5.41, 5.74) is 2.47. The molecular weight excluding hydrogens is 522 g/mol. The summed E-state index contributed by atoms with van der Waals surface area (Å²) in [5.74, 6) is 3.27. The quantitative estimate of drug-likeness (QED) is 0.176. The summed E-state index contributed by atoms with van der Waals surface area (Å²) in [7, 11) is 3.19. The summed E-state index contributed by atoms with van der Waals surface area (Å²) >= 11 is 0. The molecule has 0 radical (unpaired) electrons. The average molecular weight is 560 g/mol. The van der Waals surface area contributed by atoms with Crippen LogP contribution in [0.3, 0.4) is 0 Å². The summed E-state index contributed by atoms with van der Waals surface area (Å²) in [4.78, 5) is 27.6. The molecule has 3 aromatic rings. The maximum Gasteiger partial charge on any atom is 0.245 e. The molecule has 0 spiro atoms. The van der Waals surface area contributed by atoms with Crippen molar-refractivity contribution in [3.05, 3.63) is 78.5 Å². The number of hydrogen-bond donors (Lipinski definition) is 1. The molecule has 1 saturated heterocycles. The molecule has 2 aromatic heterocycles. The number of carbonyl (C=O) groups is 1. The topological polar surface area (TPSA) is 111 Å². The van der Waals surface area contributed by atoms with E-state index in [9.17, 15) is 4.79 Å². The number of piperidine rings is 1. The van der Waals surface area contributed by atoms with Gasteiger partial charge in [-0.2, -0.15) is 0 Å². The lowest BCUT2D eigenvalue weighted by Gasteiger charge is -2.31. The van der Waals surface area contributed by atoms with Gasteiger partial charge in [-0.3, -0.25) is 4.79 Å². The molecule has 10 nitrogen and oxygen atoms in total. The number of nitrogens with zero attached hydrogens (tertiary/aromatic N) is 4. The Kier molecular flexibility index (Phi) is 9.78. The number of nitrogens with one attached hydrogen (secondary N) is 1. The van der Waals surface area contributed by atoms with Crippen LogP contribution in [0.1, 0.15) is 45.8 Å². The Labute approximate surface area is 240 Å². The molecule has 1 aliphatic rings. The Morgan fingerprint density at radius 2 is 2.00 bits per heavy atom. The number of allylic oxidation sites excluding steroid dienone is 3. The molecule has 1 aliphatic heterocycles. The third kappa shape index (κ3) is 7.13. The monoisotopic (exact) mass is 559 g/mol. The van der Waals surface area contributed by atoms with Gasteiger partial charge in [0.05, 0.1) is 26.0 Å². The number of benzene rings is 1. The van der Waals surface area contributed by atoms with Gasteiger partial charge >= 0.3 is 0 Å². The van der Waals surface area contributed by atoms with Gasteiger partial charge in [0.2, 0.25) is 5.91 Å². The molecule has 0 aliphatic carbocycles. The zero-order valence-electron chi connectivity index (χ0n) is 24.3.